The number of halogens is 2. The van der Waals surface area contributed by atoms with Crippen LogP contribution in [0, 0.1) is 11.3 Å². The Morgan fingerprint density at radius 2 is 1.94 bits per heavy atom. The minimum atomic E-state index is -3.08. The zero-order valence-electron chi connectivity index (χ0n) is 16.6. The van der Waals surface area contributed by atoms with E-state index in [9.17, 15) is 18.4 Å². The number of aromatic nitrogens is 1. The first-order valence-electron chi connectivity index (χ1n) is 9.83. The van der Waals surface area contributed by atoms with Crippen LogP contribution in [0.25, 0.3) is 10.8 Å². The maximum absolute atomic E-state index is 13.5. The summed E-state index contributed by atoms with van der Waals surface area (Å²) in [6.45, 7) is -0.672. The second-order valence-electron chi connectivity index (χ2n) is 7.66. The van der Waals surface area contributed by atoms with Crippen LogP contribution in [-0.4, -0.2) is 46.3 Å². The Morgan fingerprint density at radius 3 is 2.71 bits per heavy atom. The maximum atomic E-state index is 13.5. The van der Waals surface area contributed by atoms with Crippen molar-refractivity contribution in [3.63, 3.8) is 0 Å². The van der Waals surface area contributed by atoms with Crippen molar-refractivity contribution in [2.45, 2.75) is 24.9 Å². The summed E-state index contributed by atoms with van der Waals surface area (Å²) in [7, 11) is 0. The average molecular weight is 422 g/mol. The van der Waals surface area contributed by atoms with Crippen molar-refractivity contribution < 1.29 is 18.4 Å². The van der Waals surface area contributed by atoms with E-state index in [1.54, 1.807) is 24.5 Å². The third-order valence-electron chi connectivity index (χ3n) is 5.33. The lowest BCUT2D eigenvalue weighted by atomic mass is 10.1. The highest BCUT2D eigenvalue weighted by Gasteiger charge is 2.47. The lowest BCUT2D eigenvalue weighted by Crippen LogP contribution is -2.42. The normalized spacial score (nSPS) is 17.5. The number of fused-ring (bicyclic) bond motifs is 1. The molecule has 2 amide bonds. The number of benzene rings is 2. The third kappa shape index (κ3) is 4.56. The minimum absolute atomic E-state index is 0.358. The Kier molecular flexibility index (Phi) is 5.42. The highest BCUT2D eigenvalue weighted by Crippen LogP contribution is 2.31. The molecule has 1 aliphatic rings. The number of likely N-dealkylation sites (tertiary alicyclic amines) is 1. The second kappa shape index (κ2) is 8.19. The predicted octanol–water partition coefficient (Wildman–Crippen LogP) is 3.18. The van der Waals surface area contributed by atoms with Crippen LogP contribution in [0.3, 0.4) is 0 Å². The van der Waals surface area contributed by atoms with E-state index in [0.29, 0.717) is 12.1 Å². The Labute approximate surface area is 177 Å². The lowest BCUT2D eigenvalue weighted by molar-refractivity contribution is -0.131. The van der Waals surface area contributed by atoms with Crippen LogP contribution in [-0.2, 0) is 11.3 Å². The molecular formula is C23H20F2N4O2. The minimum Gasteiger partial charge on any atom is -0.349 e. The molecule has 0 bridgehead atoms. The highest BCUT2D eigenvalue weighted by molar-refractivity contribution is 5.96. The van der Waals surface area contributed by atoms with Gasteiger partial charge in [-0.1, -0.05) is 36.4 Å². The van der Waals surface area contributed by atoms with Crippen LogP contribution in [0.1, 0.15) is 22.3 Å². The standard InChI is InChI=1S/C23H20F2N4O2/c24-23(25)10-20(11-26)29(15-23)21(30)12-27-22(31)19-7-8-28(14-19)13-16-5-6-17-3-1-2-4-18(17)9-16/h1-9,14,20H,10,12-13,15H2,(H,27,31)/t20-/m0/s1. The molecule has 6 nitrogen and oxygen atoms in total. The van der Waals surface area contributed by atoms with E-state index in [2.05, 4.69) is 11.4 Å². The summed E-state index contributed by atoms with van der Waals surface area (Å²) < 4.78 is 28.8. The number of carbonyl (C=O) groups is 2. The summed E-state index contributed by atoms with van der Waals surface area (Å²) in [5, 5.41) is 13.7. The van der Waals surface area contributed by atoms with E-state index in [0.717, 1.165) is 21.2 Å². The van der Waals surface area contributed by atoms with Gasteiger partial charge < -0.3 is 14.8 Å². The molecule has 0 spiro atoms. The highest BCUT2D eigenvalue weighted by atomic mass is 19.3. The molecule has 2 aromatic carbocycles. The number of rotatable bonds is 5. The monoisotopic (exact) mass is 422 g/mol. The van der Waals surface area contributed by atoms with Crippen molar-refractivity contribution >= 4 is 22.6 Å². The number of hydrogen-bond acceptors (Lipinski definition) is 3. The number of nitrogens with zero attached hydrogens (tertiary/aromatic N) is 3. The molecule has 31 heavy (non-hydrogen) atoms. The van der Waals surface area contributed by atoms with E-state index in [4.69, 9.17) is 5.26 Å². The number of nitrogens with one attached hydrogen (secondary N) is 1. The number of nitriles is 1. The Hall–Kier alpha value is -3.73. The molecule has 1 atom stereocenters. The molecule has 2 heterocycles. The van der Waals surface area contributed by atoms with Gasteiger partial charge in [-0.15, -0.1) is 0 Å². The molecule has 1 saturated heterocycles. The first kappa shape index (κ1) is 20.5. The molecule has 1 N–H and O–H groups in total. The molecule has 0 radical (unpaired) electrons. The molecule has 4 rings (SSSR count). The van der Waals surface area contributed by atoms with Crippen LogP contribution >= 0.6 is 0 Å². The molecule has 8 heteroatoms. The molecular weight excluding hydrogens is 402 g/mol. The van der Waals surface area contributed by atoms with Gasteiger partial charge in [0.05, 0.1) is 24.7 Å². The van der Waals surface area contributed by atoms with Gasteiger partial charge in [-0.3, -0.25) is 9.59 Å². The predicted molar refractivity (Wildman–Crippen MR) is 110 cm³/mol. The molecule has 3 aromatic rings. The number of carbonyl (C=O) groups excluding carboxylic acids is 2. The van der Waals surface area contributed by atoms with E-state index >= 15 is 0 Å². The smallest absolute Gasteiger partial charge is 0.268 e. The summed E-state index contributed by atoms with van der Waals surface area (Å²) in [4.78, 5) is 25.4. The number of amides is 2. The van der Waals surface area contributed by atoms with Crippen molar-refractivity contribution in [1.29, 1.82) is 5.26 Å². The summed E-state index contributed by atoms with van der Waals surface area (Å²) in [6.07, 6.45) is 2.75. The molecule has 0 saturated carbocycles. The average Bonchev–Trinajstić information content (AvgIpc) is 3.35. The lowest BCUT2D eigenvalue weighted by Gasteiger charge is -2.19. The van der Waals surface area contributed by atoms with Gasteiger partial charge in [0.2, 0.25) is 5.91 Å². The van der Waals surface area contributed by atoms with E-state index in [1.807, 2.05) is 41.0 Å². The fourth-order valence-electron chi connectivity index (χ4n) is 3.78. The molecule has 0 aliphatic carbocycles. The van der Waals surface area contributed by atoms with Crippen LogP contribution in [0.15, 0.2) is 60.9 Å². The van der Waals surface area contributed by atoms with Gasteiger partial charge in [-0.05, 0) is 28.5 Å². The van der Waals surface area contributed by atoms with Gasteiger partial charge in [-0.25, -0.2) is 8.78 Å². The van der Waals surface area contributed by atoms with Crippen LogP contribution in [0.2, 0.25) is 0 Å². The quantitative estimate of drug-likeness (QED) is 0.686. The molecule has 0 unspecified atom stereocenters. The Bertz CT molecular complexity index is 1180. The first-order chi connectivity index (χ1) is 14.8. The van der Waals surface area contributed by atoms with E-state index < -0.39 is 43.3 Å². The van der Waals surface area contributed by atoms with Crippen molar-refractivity contribution in [1.82, 2.24) is 14.8 Å². The number of alkyl halides is 2. The van der Waals surface area contributed by atoms with E-state index in [1.165, 1.54) is 0 Å². The van der Waals surface area contributed by atoms with Crippen molar-refractivity contribution in [2.24, 2.45) is 0 Å². The van der Waals surface area contributed by atoms with Crippen molar-refractivity contribution in [2.75, 3.05) is 13.1 Å². The van der Waals surface area contributed by atoms with Crippen LogP contribution in [0.5, 0.6) is 0 Å². The van der Waals surface area contributed by atoms with Gasteiger partial charge in [0.25, 0.3) is 11.8 Å². The zero-order chi connectivity index (χ0) is 22.0. The summed E-state index contributed by atoms with van der Waals surface area (Å²) >= 11 is 0. The molecule has 158 valence electrons. The van der Waals surface area contributed by atoms with Crippen LogP contribution < -0.4 is 5.32 Å². The van der Waals surface area contributed by atoms with Gasteiger partial charge in [0.15, 0.2) is 0 Å². The van der Waals surface area contributed by atoms with Crippen LogP contribution in [0.4, 0.5) is 8.78 Å². The fourth-order valence-corrected chi connectivity index (χ4v) is 3.78. The Balaban J connectivity index is 1.36. The fraction of sp³-hybridized carbons (Fsp3) is 0.261. The SMILES string of the molecule is N#C[C@@H]1CC(F)(F)CN1C(=O)CNC(=O)c1ccn(Cc2ccc3ccccc3c2)c1. The zero-order valence-corrected chi connectivity index (χ0v) is 16.6. The van der Waals surface area contributed by atoms with Crippen molar-refractivity contribution in [3.05, 3.63) is 72.1 Å². The molecule has 1 aromatic heterocycles. The maximum Gasteiger partial charge on any atom is 0.268 e. The first-order valence-corrected chi connectivity index (χ1v) is 9.83. The third-order valence-corrected chi connectivity index (χ3v) is 5.33. The van der Waals surface area contributed by atoms with Crippen molar-refractivity contribution in [3.8, 4) is 6.07 Å². The molecule has 1 fully saturated rings. The second-order valence-corrected chi connectivity index (χ2v) is 7.66. The van der Waals surface area contributed by atoms with Gasteiger partial charge in [0, 0.05) is 25.4 Å². The van der Waals surface area contributed by atoms with Gasteiger partial charge >= 0.3 is 0 Å². The van der Waals surface area contributed by atoms with E-state index in [-0.39, 0.29) is 0 Å². The van der Waals surface area contributed by atoms with Gasteiger partial charge in [0.1, 0.15) is 6.04 Å². The summed E-state index contributed by atoms with van der Waals surface area (Å²) in [6, 6.07) is 16.4. The number of hydrogen-bond donors (Lipinski definition) is 1. The largest absolute Gasteiger partial charge is 0.349 e. The molecule has 1 aliphatic heterocycles. The Morgan fingerprint density at radius 1 is 1.16 bits per heavy atom. The summed E-state index contributed by atoms with van der Waals surface area (Å²) in [5.41, 5.74) is 1.44. The topological polar surface area (TPSA) is 78.1 Å². The van der Waals surface area contributed by atoms with Gasteiger partial charge in [-0.2, -0.15) is 5.26 Å². The summed E-state index contributed by atoms with van der Waals surface area (Å²) in [5.74, 6) is -4.27.